The smallest absolute Gasteiger partial charge is 0.191 e. The van der Waals surface area contributed by atoms with Gasteiger partial charge >= 0.3 is 0 Å². The Hall–Kier alpha value is -2.03. The van der Waals surface area contributed by atoms with Gasteiger partial charge in [-0.15, -0.1) is 24.0 Å². The fourth-order valence-corrected chi connectivity index (χ4v) is 2.64. The SMILES string of the molecule is CCNC(=NCc1cc(C(C)C)no1)NCCc1cc2ccccc2o1.I. The van der Waals surface area contributed by atoms with Gasteiger partial charge in [0, 0.05) is 31.0 Å². The van der Waals surface area contributed by atoms with Crippen molar-refractivity contribution in [3.8, 4) is 0 Å². The number of nitrogens with one attached hydrogen (secondary N) is 2. The summed E-state index contributed by atoms with van der Waals surface area (Å²) in [5.74, 6) is 2.84. The number of nitrogens with zero attached hydrogens (tertiary/aromatic N) is 2. The maximum Gasteiger partial charge on any atom is 0.191 e. The highest BCUT2D eigenvalue weighted by Crippen LogP contribution is 2.18. The summed E-state index contributed by atoms with van der Waals surface area (Å²) in [6.45, 7) is 8.22. The minimum atomic E-state index is 0. The molecule has 0 spiro atoms. The number of fused-ring (bicyclic) bond motifs is 1. The van der Waals surface area contributed by atoms with Crippen molar-refractivity contribution in [3.05, 3.63) is 53.6 Å². The highest BCUT2D eigenvalue weighted by Gasteiger charge is 2.08. The molecule has 0 radical (unpaired) electrons. The standard InChI is InChI=1S/C20H26N4O2.HI/c1-4-21-20(23-13-17-12-18(14(2)3)24-26-17)22-10-9-16-11-15-7-5-6-8-19(15)25-16;/h5-8,11-12,14H,4,9-10,13H2,1-3H3,(H2,21,22,23);1H. The molecular formula is C20H27IN4O2. The van der Waals surface area contributed by atoms with E-state index in [0.717, 1.165) is 53.7 Å². The summed E-state index contributed by atoms with van der Waals surface area (Å²) in [4.78, 5) is 4.56. The predicted molar refractivity (Wildman–Crippen MR) is 119 cm³/mol. The van der Waals surface area contributed by atoms with Crippen LogP contribution in [0, 0.1) is 0 Å². The Morgan fingerprint density at radius 2 is 1.96 bits per heavy atom. The summed E-state index contributed by atoms with van der Waals surface area (Å²) in [6, 6.07) is 12.1. The van der Waals surface area contributed by atoms with Gasteiger partial charge < -0.3 is 19.6 Å². The zero-order valence-electron chi connectivity index (χ0n) is 16.0. The third kappa shape index (κ3) is 5.98. The molecular weight excluding hydrogens is 455 g/mol. The summed E-state index contributed by atoms with van der Waals surface area (Å²) in [6.07, 6.45) is 0.791. The molecule has 0 aliphatic rings. The first-order valence-corrected chi connectivity index (χ1v) is 9.11. The van der Waals surface area contributed by atoms with E-state index in [0.29, 0.717) is 12.5 Å². The van der Waals surface area contributed by atoms with Crippen LogP contribution in [0.2, 0.25) is 0 Å². The second-order valence-corrected chi connectivity index (χ2v) is 6.50. The third-order valence-electron chi connectivity index (χ3n) is 4.05. The number of guanidine groups is 1. The first-order valence-electron chi connectivity index (χ1n) is 9.11. The molecule has 2 N–H and O–H groups in total. The molecule has 0 amide bonds. The van der Waals surface area contributed by atoms with Crippen LogP contribution >= 0.6 is 24.0 Å². The molecule has 0 atom stereocenters. The fraction of sp³-hybridized carbons (Fsp3) is 0.400. The van der Waals surface area contributed by atoms with Crippen LogP contribution < -0.4 is 10.6 Å². The Labute approximate surface area is 176 Å². The molecule has 2 heterocycles. The Bertz CT molecular complexity index is 837. The number of aliphatic imine (C=N–C) groups is 1. The quantitative estimate of drug-likeness (QED) is 0.296. The van der Waals surface area contributed by atoms with E-state index >= 15 is 0 Å². The van der Waals surface area contributed by atoms with Crippen LogP contribution in [0.15, 0.2) is 50.3 Å². The van der Waals surface area contributed by atoms with Crippen LogP contribution in [0.25, 0.3) is 11.0 Å². The van der Waals surface area contributed by atoms with Gasteiger partial charge in [0.1, 0.15) is 17.9 Å². The van der Waals surface area contributed by atoms with Crippen molar-refractivity contribution in [1.29, 1.82) is 0 Å². The maximum atomic E-state index is 5.84. The van der Waals surface area contributed by atoms with Gasteiger partial charge in [0.05, 0.1) is 5.69 Å². The Kier molecular flexibility index (Phi) is 8.15. The lowest BCUT2D eigenvalue weighted by molar-refractivity contribution is 0.376. The molecule has 0 saturated carbocycles. The summed E-state index contributed by atoms with van der Waals surface area (Å²) < 4.78 is 11.2. The van der Waals surface area contributed by atoms with E-state index in [-0.39, 0.29) is 24.0 Å². The van der Waals surface area contributed by atoms with Crippen LogP contribution in [0.4, 0.5) is 0 Å². The number of para-hydroxylation sites is 1. The van der Waals surface area contributed by atoms with Crippen molar-refractivity contribution in [2.45, 2.75) is 39.7 Å². The molecule has 3 aromatic rings. The minimum Gasteiger partial charge on any atom is -0.461 e. The van der Waals surface area contributed by atoms with Gasteiger partial charge in [-0.25, -0.2) is 4.99 Å². The zero-order valence-corrected chi connectivity index (χ0v) is 18.3. The largest absolute Gasteiger partial charge is 0.461 e. The van der Waals surface area contributed by atoms with E-state index in [1.807, 2.05) is 31.2 Å². The molecule has 0 saturated heterocycles. The predicted octanol–water partition coefficient (Wildman–Crippen LogP) is 4.46. The number of rotatable bonds is 7. The van der Waals surface area contributed by atoms with Crippen molar-refractivity contribution in [3.63, 3.8) is 0 Å². The summed E-state index contributed by atoms with van der Waals surface area (Å²) in [5, 5.41) is 11.8. The Morgan fingerprint density at radius 3 is 2.67 bits per heavy atom. The molecule has 0 fully saturated rings. The van der Waals surface area contributed by atoms with Gasteiger partial charge in [-0.1, -0.05) is 37.2 Å². The van der Waals surface area contributed by atoms with Crippen LogP contribution in [0.5, 0.6) is 0 Å². The van der Waals surface area contributed by atoms with E-state index in [1.165, 1.54) is 0 Å². The molecule has 0 unspecified atom stereocenters. The number of halogens is 1. The molecule has 6 nitrogen and oxygen atoms in total. The van der Waals surface area contributed by atoms with Crippen molar-refractivity contribution < 1.29 is 8.94 Å². The minimum absolute atomic E-state index is 0. The van der Waals surface area contributed by atoms with Crippen LogP contribution in [-0.4, -0.2) is 24.2 Å². The molecule has 3 rings (SSSR count). The second-order valence-electron chi connectivity index (χ2n) is 6.50. The van der Waals surface area contributed by atoms with E-state index < -0.39 is 0 Å². The second kappa shape index (κ2) is 10.3. The van der Waals surface area contributed by atoms with E-state index in [2.05, 4.69) is 46.8 Å². The average Bonchev–Trinajstić information content (AvgIpc) is 3.26. The summed E-state index contributed by atoms with van der Waals surface area (Å²) >= 11 is 0. The number of hydrogen-bond acceptors (Lipinski definition) is 4. The lowest BCUT2D eigenvalue weighted by Crippen LogP contribution is -2.38. The van der Waals surface area contributed by atoms with E-state index in [9.17, 15) is 0 Å². The molecule has 0 aliphatic heterocycles. The zero-order chi connectivity index (χ0) is 18.4. The summed E-state index contributed by atoms with van der Waals surface area (Å²) in [5.41, 5.74) is 1.88. The normalized spacial score (nSPS) is 11.6. The first-order chi connectivity index (χ1) is 12.7. The third-order valence-corrected chi connectivity index (χ3v) is 4.05. The maximum absolute atomic E-state index is 5.84. The number of benzene rings is 1. The molecule has 1 aromatic carbocycles. The number of furan rings is 1. The molecule has 27 heavy (non-hydrogen) atoms. The van der Waals surface area contributed by atoms with Crippen molar-refractivity contribution in [2.75, 3.05) is 13.1 Å². The Morgan fingerprint density at radius 1 is 1.15 bits per heavy atom. The van der Waals surface area contributed by atoms with Gasteiger partial charge in [-0.05, 0) is 25.0 Å². The van der Waals surface area contributed by atoms with Gasteiger partial charge in [0.25, 0.3) is 0 Å². The highest BCUT2D eigenvalue weighted by atomic mass is 127. The molecule has 7 heteroatoms. The molecule has 0 bridgehead atoms. The number of aromatic nitrogens is 1. The van der Waals surface area contributed by atoms with E-state index in [1.54, 1.807) is 0 Å². The van der Waals surface area contributed by atoms with Gasteiger partial charge in [-0.2, -0.15) is 0 Å². The van der Waals surface area contributed by atoms with Crippen LogP contribution in [-0.2, 0) is 13.0 Å². The molecule has 146 valence electrons. The van der Waals surface area contributed by atoms with Gasteiger partial charge in [0.15, 0.2) is 11.7 Å². The van der Waals surface area contributed by atoms with Crippen molar-refractivity contribution >= 4 is 40.9 Å². The molecule has 0 aliphatic carbocycles. The van der Waals surface area contributed by atoms with Crippen molar-refractivity contribution in [1.82, 2.24) is 15.8 Å². The highest BCUT2D eigenvalue weighted by molar-refractivity contribution is 14.0. The molecule has 2 aromatic heterocycles. The lowest BCUT2D eigenvalue weighted by atomic mass is 10.1. The topological polar surface area (TPSA) is 75.6 Å². The average molecular weight is 482 g/mol. The van der Waals surface area contributed by atoms with Crippen LogP contribution in [0.3, 0.4) is 0 Å². The van der Waals surface area contributed by atoms with Crippen LogP contribution in [0.1, 0.15) is 43.9 Å². The summed E-state index contributed by atoms with van der Waals surface area (Å²) in [7, 11) is 0. The lowest BCUT2D eigenvalue weighted by Gasteiger charge is -2.10. The van der Waals surface area contributed by atoms with Crippen molar-refractivity contribution in [2.24, 2.45) is 4.99 Å². The Balaban J connectivity index is 0.00000261. The van der Waals surface area contributed by atoms with Gasteiger partial charge in [0.2, 0.25) is 0 Å². The van der Waals surface area contributed by atoms with E-state index in [4.69, 9.17) is 8.94 Å². The monoisotopic (exact) mass is 482 g/mol. The first kappa shape index (κ1) is 21.3. The fourth-order valence-electron chi connectivity index (χ4n) is 2.64. The van der Waals surface area contributed by atoms with Gasteiger partial charge in [-0.3, -0.25) is 0 Å². The number of hydrogen-bond donors (Lipinski definition) is 2.